The van der Waals surface area contributed by atoms with E-state index in [0.717, 1.165) is 51.7 Å². The van der Waals surface area contributed by atoms with Crippen molar-refractivity contribution in [3.63, 3.8) is 0 Å². The number of nitrogens with zero attached hydrogens (tertiary/aromatic N) is 2. The van der Waals surface area contributed by atoms with E-state index >= 15 is 0 Å². The SMILES string of the molecule is C[C@@H](c1ccc(C(=O)NCCN2CCOCC2)o1)N1CCCCC1. The molecule has 0 unspecified atom stereocenters. The van der Waals surface area contributed by atoms with Gasteiger partial charge >= 0.3 is 0 Å². The third-order valence-corrected chi connectivity index (χ3v) is 5.02. The van der Waals surface area contributed by atoms with Crippen molar-refractivity contribution in [3.8, 4) is 0 Å². The summed E-state index contributed by atoms with van der Waals surface area (Å²) in [5.74, 6) is 1.17. The number of carbonyl (C=O) groups excluding carboxylic acids is 1. The highest BCUT2D eigenvalue weighted by molar-refractivity contribution is 5.91. The molecule has 2 aliphatic rings. The molecule has 3 heterocycles. The summed E-state index contributed by atoms with van der Waals surface area (Å²) in [5.41, 5.74) is 0. The number of ether oxygens (including phenoxy) is 1. The Balaban J connectivity index is 1.46. The van der Waals surface area contributed by atoms with Gasteiger partial charge in [0, 0.05) is 26.2 Å². The molecule has 1 amide bonds. The second kappa shape index (κ2) is 8.65. The summed E-state index contributed by atoms with van der Waals surface area (Å²) in [5, 5.41) is 2.95. The predicted molar refractivity (Wildman–Crippen MR) is 92.1 cm³/mol. The summed E-state index contributed by atoms with van der Waals surface area (Å²) in [4.78, 5) is 17.0. The minimum Gasteiger partial charge on any atom is -0.454 e. The van der Waals surface area contributed by atoms with Crippen LogP contribution in [0.4, 0.5) is 0 Å². The highest BCUT2D eigenvalue weighted by atomic mass is 16.5. The third kappa shape index (κ3) is 4.59. The van der Waals surface area contributed by atoms with Crippen molar-refractivity contribution in [2.45, 2.75) is 32.2 Å². The number of nitrogens with one attached hydrogen (secondary N) is 1. The summed E-state index contributed by atoms with van der Waals surface area (Å²) in [7, 11) is 0. The molecule has 2 aliphatic heterocycles. The number of morpholine rings is 1. The van der Waals surface area contributed by atoms with Crippen LogP contribution in [0.5, 0.6) is 0 Å². The number of amides is 1. The monoisotopic (exact) mass is 335 g/mol. The molecule has 0 spiro atoms. The summed E-state index contributed by atoms with van der Waals surface area (Å²) < 4.78 is 11.1. The van der Waals surface area contributed by atoms with Crippen LogP contribution in [0.3, 0.4) is 0 Å². The average molecular weight is 335 g/mol. The van der Waals surface area contributed by atoms with E-state index in [9.17, 15) is 4.79 Å². The Morgan fingerprint density at radius 1 is 1.17 bits per heavy atom. The number of piperidine rings is 1. The number of rotatable bonds is 6. The summed E-state index contributed by atoms with van der Waals surface area (Å²) in [6.07, 6.45) is 3.82. The fourth-order valence-corrected chi connectivity index (χ4v) is 3.42. The number of hydrogen-bond donors (Lipinski definition) is 1. The molecular formula is C18H29N3O3. The molecule has 2 saturated heterocycles. The van der Waals surface area contributed by atoms with Crippen LogP contribution in [0.1, 0.15) is 48.5 Å². The predicted octanol–water partition coefficient (Wildman–Crippen LogP) is 1.89. The molecule has 1 atom stereocenters. The minimum atomic E-state index is -0.125. The molecule has 6 nitrogen and oxygen atoms in total. The van der Waals surface area contributed by atoms with Crippen LogP contribution in [-0.2, 0) is 4.74 Å². The quantitative estimate of drug-likeness (QED) is 0.860. The van der Waals surface area contributed by atoms with Gasteiger partial charge in [-0.25, -0.2) is 0 Å². The summed E-state index contributed by atoms with van der Waals surface area (Å²) >= 11 is 0. The van der Waals surface area contributed by atoms with Crippen molar-refractivity contribution in [1.82, 2.24) is 15.1 Å². The normalized spacial score (nSPS) is 21.5. The average Bonchev–Trinajstić information content (AvgIpc) is 3.13. The van der Waals surface area contributed by atoms with E-state index in [1.54, 1.807) is 6.07 Å². The lowest BCUT2D eigenvalue weighted by Gasteiger charge is -2.31. The maximum absolute atomic E-state index is 12.2. The van der Waals surface area contributed by atoms with Gasteiger partial charge in [0.05, 0.1) is 19.3 Å². The van der Waals surface area contributed by atoms with Gasteiger partial charge in [0.1, 0.15) is 5.76 Å². The van der Waals surface area contributed by atoms with Gasteiger partial charge in [-0.15, -0.1) is 0 Å². The molecule has 1 N–H and O–H groups in total. The molecule has 0 bridgehead atoms. The second-order valence-corrected chi connectivity index (χ2v) is 6.68. The lowest BCUT2D eigenvalue weighted by Crippen LogP contribution is -2.41. The Hall–Kier alpha value is -1.37. The van der Waals surface area contributed by atoms with Crippen LogP contribution in [-0.4, -0.2) is 68.2 Å². The Kier molecular flexibility index (Phi) is 6.29. The van der Waals surface area contributed by atoms with Crippen molar-refractivity contribution < 1.29 is 13.9 Å². The molecule has 3 rings (SSSR count). The fourth-order valence-electron chi connectivity index (χ4n) is 3.42. The zero-order valence-electron chi connectivity index (χ0n) is 14.6. The third-order valence-electron chi connectivity index (χ3n) is 5.02. The molecule has 0 radical (unpaired) electrons. The Bertz CT molecular complexity index is 519. The smallest absolute Gasteiger partial charge is 0.287 e. The first-order valence-corrected chi connectivity index (χ1v) is 9.16. The number of likely N-dealkylation sites (tertiary alicyclic amines) is 1. The van der Waals surface area contributed by atoms with E-state index in [1.165, 1.54) is 19.3 Å². The first kappa shape index (κ1) is 17.5. The topological polar surface area (TPSA) is 58.0 Å². The van der Waals surface area contributed by atoms with Gasteiger partial charge in [-0.2, -0.15) is 0 Å². The highest BCUT2D eigenvalue weighted by Crippen LogP contribution is 2.25. The number of hydrogen-bond acceptors (Lipinski definition) is 5. The Labute approximate surface area is 144 Å². The van der Waals surface area contributed by atoms with Gasteiger partial charge in [0.2, 0.25) is 0 Å². The number of furan rings is 1. The standard InChI is InChI=1S/C18H29N3O3/c1-15(21-8-3-2-4-9-21)16-5-6-17(24-16)18(22)19-7-10-20-11-13-23-14-12-20/h5-6,15H,2-4,7-14H2,1H3,(H,19,22)/t15-/m0/s1. The molecule has 134 valence electrons. The van der Waals surface area contributed by atoms with Crippen LogP contribution in [0, 0.1) is 0 Å². The summed E-state index contributed by atoms with van der Waals surface area (Å²) in [6, 6.07) is 3.97. The van der Waals surface area contributed by atoms with Crippen LogP contribution in [0.25, 0.3) is 0 Å². The largest absolute Gasteiger partial charge is 0.454 e. The van der Waals surface area contributed by atoms with E-state index in [2.05, 4.69) is 22.0 Å². The summed E-state index contributed by atoms with van der Waals surface area (Å²) in [6.45, 7) is 9.32. The lowest BCUT2D eigenvalue weighted by atomic mass is 10.1. The molecule has 0 aromatic carbocycles. The second-order valence-electron chi connectivity index (χ2n) is 6.68. The van der Waals surface area contributed by atoms with E-state index in [0.29, 0.717) is 12.3 Å². The zero-order valence-corrected chi connectivity index (χ0v) is 14.6. The van der Waals surface area contributed by atoms with Crippen molar-refractivity contribution in [1.29, 1.82) is 0 Å². The van der Waals surface area contributed by atoms with Crippen LogP contribution in [0.15, 0.2) is 16.5 Å². The zero-order chi connectivity index (χ0) is 16.8. The Morgan fingerprint density at radius 2 is 1.92 bits per heavy atom. The maximum Gasteiger partial charge on any atom is 0.287 e. The van der Waals surface area contributed by atoms with Gasteiger partial charge in [-0.05, 0) is 45.0 Å². The van der Waals surface area contributed by atoms with Crippen LogP contribution >= 0.6 is 0 Å². The molecule has 24 heavy (non-hydrogen) atoms. The van der Waals surface area contributed by atoms with Gasteiger partial charge in [0.15, 0.2) is 5.76 Å². The highest BCUT2D eigenvalue weighted by Gasteiger charge is 2.22. The van der Waals surface area contributed by atoms with Crippen molar-refractivity contribution in [3.05, 3.63) is 23.7 Å². The van der Waals surface area contributed by atoms with Gasteiger partial charge in [-0.1, -0.05) is 6.42 Å². The first-order chi connectivity index (χ1) is 11.7. The molecule has 2 fully saturated rings. The van der Waals surface area contributed by atoms with Gasteiger partial charge < -0.3 is 14.5 Å². The van der Waals surface area contributed by atoms with Crippen molar-refractivity contribution >= 4 is 5.91 Å². The maximum atomic E-state index is 12.2. The molecule has 6 heteroatoms. The molecule has 1 aromatic heterocycles. The minimum absolute atomic E-state index is 0.125. The Morgan fingerprint density at radius 3 is 2.67 bits per heavy atom. The molecule has 1 aromatic rings. The van der Waals surface area contributed by atoms with Crippen LogP contribution in [0.2, 0.25) is 0 Å². The van der Waals surface area contributed by atoms with E-state index in [1.807, 2.05) is 6.07 Å². The van der Waals surface area contributed by atoms with E-state index < -0.39 is 0 Å². The fraction of sp³-hybridized carbons (Fsp3) is 0.722. The van der Waals surface area contributed by atoms with Gasteiger partial charge in [0.25, 0.3) is 5.91 Å². The molecule has 0 aliphatic carbocycles. The first-order valence-electron chi connectivity index (χ1n) is 9.16. The number of carbonyl (C=O) groups is 1. The van der Waals surface area contributed by atoms with E-state index in [4.69, 9.17) is 9.15 Å². The van der Waals surface area contributed by atoms with Crippen molar-refractivity contribution in [2.75, 3.05) is 52.5 Å². The van der Waals surface area contributed by atoms with Gasteiger partial charge in [-0.3, -0.25) is 14.6 Å². The molecule has 0 saturated carbocycles. The van der Waals surface area contributed by atoms with Crippen LogP contribution < -0.4 is 5.32 Å². The lowest BCUT2D eigenvalue weighted by molar-refractivity contribution is 0.0382. The molecular weight excluding hydrogens is 306 g/mol. The van der Waals surface area contributed by atoms with E-state index in [-0.39, 0.29) is 11.9 Å². The van der Waals surface area contributed by atoms with Crippen molar-refractivity contribution in [2.24, 2.45) is 0 Å².